The second-order valence-electron chi connectivity index (χ2n) is 10.0. The molecular weight excluding hydrogens is 304 g/mol. The topological polar surface area (TPSA) is 51.4 Å². The van der Waals surface area contributed by atoms with Crippen LogP contribution in [0.2, 0.25) is 0 Å². The normalized spacial score (nSPS) is 58.8. The molecule has 6 aliphatic rings. The summed E-state index contributed by atoms with van der Waals surface area (Å²) in [6, 6.07) is 0. The number of esters is 1. The van der Waals surface area contributed by atoms with Crippen molar-refractivity contribution in [2.75, 3.05) is 0 Å². The molecule has 2 spiro atoms. The Hall–Kier alpha value is -0.870. The molecule has 3 aliphatic carbocycles. The van der Waals surface area contributed by atoms with Gasteiger partial charge in [0.05, 0.1) is 0 Å². The number of ether oxygens (including phenoxy) is 3. The highest BCUT2D eigenvalue weighted by Crippen LogP contribution is 2.77. The number of carbonyl (C=O) groups excluding carboxylic acids is 1. The van der Waals surface area contributed by atoms with Gasteiger partial charge in [-0.3, -0.25) is 0 Å². The van der Waals surface area contributed by atoms with Gasteiger partial charge in [0, 0.05) is 17.1 Å². The first-order chi connectivity index (χ1) is 11.3. The Morgan fingerprint density at radius 1 is 1.08 bits per heavy atom. The van der Waals surface area contributed by atoms with Gasteiger partial charge in [0.1, 0.15) is 17.8 Å². The minimum Gasteiger partial charge on any atom is -0.422 e. The Balaban J connectivity index is 1.49. The molecule has 0 amide bonds. The van der Waals surface area contributed by atoms with Crippen LogP contribution in [0, 0.1) is 22.7 Å². The number of hydrogen-bond acceptors (Lipinski definition) is 4. The third-order valence-corrected chi connectivity index (χ3v) is 8.57. The second kappa shape index (κ2) is 3.64. The van der Waals surface area contributed by atoms with E-state index >= 15 is 0 Å². The Morgan fingerprint density at radius 2 is 1.88 bits per heavy atom. The van der Waals surface area contributed by atoms with E-state index < -0.39 is 5.79 Å². The summed E-state index contributed by atoms with van der Waals surface area (Å²) in [5.41, 5.74) is 2.25. The van der Waals surface area contributed by atoms with Gasteiger partial charge in [-0.2, -0.15) is 0 Å². The lowest BCUT2D eigenvalue weighted by Gasteiger charge is -2.59. The van der Waals surface area contributed by atoms with Crippen LogP contribution in [0.4, 0.5) is 0 Å². The first kappa shape index (κ1) is 14.3. The lowest BCUT2D eigenvalue weighted by Crippen LogP contribution is -2.59. The highest BCUT2D eigenvalue weighted by Gasteiger charge is 2.88. The van der Waals surface area contributed by atoms with Crippen molar-refractivity contribution in [1.29, 1.82) is 0 Å². The van der Waals surface area contributed by atoms with Crippen LogP contribution in [0.5, 0.6) is 0 Å². The van der Waals surface area contributed by atoms with E-state index in [9.17, 15) is 4.79 Å². The van der Waals surface area contributed by atoms with Gasteiger partial charge in [-0.1, -0.05) is 27.2 Å². The lowest BCUT2D eigenvalue weighted by molar-refractivity contribution is -0.147. The molecule has 7 atom stereocenters. The summed E-state index contributed by atoms with van der Waals surface area (Å²) >= 11 is 0. The minimum atomic E-state index is -0.761. The third-order valence-electron chi connectivity index (χ3n) is 8.57. The van der Waals surface area contributed by atoms with Crippen LogP contribution in [-0.2, 0) is 19.0 Å². The Kier molecular flexibility index (Phi) is 2.17. The average molecular weight is 330 g/mol. The summed E-state index contributed by atoms with van der Waals surface area (Å²) in [5.74, 6) is 0.0886. The maximum atomic E-state index is 12.2. The third kappa shape index (κ3) is 1.27. The van der Waals surface area contributed by atoms with Gasteiger partial charge < -0.3 is 14.2 Å². The number of fused-ring (bicyclic) bond motifs is 4. The Labute approximate surface area is 142 Å². The van der Waals surface area contributed by atoms with Crippen LogP contribution in [0.25, 0.3) is 0 Å². The van der Waals surface area contributed by atoms with Crippen LogP contribution in [-0.4, -0.2) is 29.6 Å². The van der Waals surface area contributed by atoms with Gasteiger partial charge >= 0.3 is 5.97 Å². The second-order valence-corrected chi connectivity index (χ2v) is 10.0. The maximum Gasteiger partial charge on any atom is 0.336 e. The highest BCUT2D eigenvalue weighted by molar-refractivity contribution is 5.93. The predicted molar refractivity (Wildman–Crippen MR) is 86.0 cm³/mol. The largest absolute Gasteiger partial charge is 0.422 e. The van der Waals surface area contributed by atoms with Crippen molar-refractivity contribution in [3.05, 3.63) is 11.1 Å². The molecule has 130 valence electrons. The molecule has 1 unspecified atom stereocenters. The van der Waals surface area contributed by atoms with Crippen molar-refractivity contribution in [3.8, 4) is 0 Å². The molecule has 0 radical (unpaired) electrons. The molecule has 4 heteroatoms. The molecule has 0 N–H and O–H groups in total. The number of carbonyl (C=O) groups is 1. The van der Waals surface area contributed by atoms with E-state index in [2.05, 4.69) is 20.8 Å². The van der Waals surface area contributed by atoms with Crippen molar-refractivity contribution < 1.29 is 19.0 Å². The SMILES string of the molecule is CC1=C2[C@H]3O[C@]34CC[C@@H]3C(C)(C)CCC[C@@]3(C)C4[C@H]3O[C@@]23OC1=O. The molecule has 0 bridgehead atoms. The van der Waals surface area contributed by atoms with Crippen molar-refractivity contribution in [3.63, 3.8) is 0 Å². The Bertz CT molecular complexity index is 723. The summed E-state index contributed by atoms with van der Waals surface area (Å²) < 4.78 is 18.4. The van der Waals surface area contributed by atoms with Gasteiger partial charge in [0.2, 0.25) is 0 Å². The first-order valence-corrected chi connectivity index (χ1v) is 9.56. The summed E-state index contributed by atoms with van der Waals surface area (Å²) in [4.78, 5) is 12.2. The van der Waals surface area contributed by atoms with Gasteiger partial charge in [-0.05, 0) is 49.4 Å². The van der Waals surface area contributed by atoms with E-state index in [1.54, 1.807) is 0 Å². The molecule has 0 aromatic carbocycles. The van der Waals surface area contributed by atoms with E-state index in [0.717, 1.165) is 17.6 Å². The van der Waals surface area contributed by atoms with Crippen LogP contribution >= 0.6 is 0 Å². The number of epoxide rings is 2. The Morgan fingerprint density at radius 3 is 2.67 bits per heavy atom. The molecule has 0 aromatic heterocycles. The zero-order valence-electron chi connectivity index (χ0n) is 15.0. The van der Waals surface area contributed by atoms with E-state index in [-0.39, 0.29) is 29.2 Å². The van der Waals surface area contributed by atoms with Gasteiger partial charge in [0.25, 0.3) is 5.79 Å². The summed E-state index contributed by atoms with van der Waals surface area (Å²) in [6.45, 7) is 9.22. The molecular formula is C20H26O4. The molecule has 3 heterocycles. The first-order valence-electron chi connectivity index (χ1n) is 9.56. The van der Waals surface area contributed by atoms with Crippen molar-refractivity contribution in [1.82, 2.24) is 0 Å². The smallest absolute Gasteiger partial charge is 0.336 e. The van der Waals surface area contributed by atoms with Crippen molar-refractivity contribution >= 4 is 5.97 Å². The van der Waals surface area contributed by atoms with Crippen LogP contribution in [0.1, 0.15) is 59.8 Å². The van der Waals surface area contributed by atoms with E-state index in [1.165, 1.54) is 25.7 Å². The lowest BCUT2D eigenvalue weighted by atomic mass is 9.44. The quantitative estimate of drug-likeness (QED) is 0.505. The molecule has 3 saturated carbocycles. The summed E-state index contributed by atoms with van der Waals surface area (Å²) in [7, 11) is 0. The monoisotopic (exact) mass is 330 g/mol. The van der Waals surface area contributed by atoms with Crippen molar-refractivity contribution in [2.45, 2.75) is 83.4 Å². The fourth-order valence-electron chi connectivity index (χ4n) is 7.62. The van der Waals surface area contributed by atoms with Gasteiger partial charge in [-0.15, -0.1) is 0 Å². The fourth-order valence-corrected chi connectivity index (χ4v) is 7.62. The molecule has 24 heavy (non-hydrogen) atoms. The minimum absolute atomic E-state index is 0.00866. The number of hydrogen-bond donors (Lipinski definition) is 0. The average Bonchev–Trinajstić information content (AvgIpc) is 3.34. The van der Waals surface area contributed by atoms with Crippen LogP contribution in [0.3, 0.4) is 0 Å². The molecule has 2 saturated heterocycles. The highest BCUT2D eigenvalue weighted by atomic mass is 16.8. The molecule has 3 aliphatic heterocycles. The van der Waals surface area contributed by atoms with Gasteiger partial charge in [-0.25, -0.2) is 4.79 Å². The molecule has 5 fully saturated rings. The van der Waals surface area contributed by atoms with Crippen LogP contribution in [0.15, 0.2) is 11.1 Å². The van der Waals surface area contributed by atoms with E-state index in [0.29, 0.717) is 17.3 Å². The molecule has 6 rings (SSSR count). The number of rotatable bonds is 0. The summed E-state index contributed by atoms with van der Waals surface area (Å²) in [6.07, 6.45) is 6.23. The van der Waals surface area contributed by atoms with E-state index in [1.807, 2.05) is 6.92 Å². The van der Waals surface area contributed by atoms with Crippen molar-refractivity contribution in [2.24, 2.45) is 22.7 Å². The van der Waals surface area contributed by atoms with Gasteiger partial charge in [0.15, 0.2) is 0 Å². The standard InChI is InChI=1S/C20H26O4/c1-10-12-14-19(22-14)9-6-11-17(2,3)7-5-8-18(11,4)13(19)15-20(12,23-15)24-16(10)21/h11,13-15H,5-9H2,1-4H3/t11-,13?,14-,15-,18-,19+,20-/m1/s1. The van der Waals surface area contributed by atoms with E-state index in [4.69, 9.17) is 14.2 Å². The molecule has 0 aromatic rings. The fraction of sp³-hybridized carbons (Fsp3) is 0.850. The predicted octanol–water partition coefficient (Wildman–Crippen LogP) is 3.35. The molecule has 4 nitrogen and oxygen atoms in total. The van der Waals surface area contributed by atoms with Crippen LogP contribution < -0.4 is 0 Å². The zero-order chi connectivity index (χ0) is 16.7. The zero-order valence-corrected chi connectivity index (χ0v) is 15.0. The maximum absolute atomic E-state index is 12.2. The summed E-state index contributed by atoms with van der Waals surface area (Å²) in [5, 5.41) is 0.